The SMILES string of the molecule is CCC/C=C/CC/C=C/CC/C=C/C(O)C(CO)NC(=O)CC(O)CCCCCCCCCCCCCCCCCCCCCCCC. The summed E-state index contributed by atoms with van der Waals surface area (Å²) in [5.74, 6) is -0.330. The van der Waals surface area contributed by atoms with Crippen molar-refractivity contribution >= 4 is 5.91 Å². The van der Waals surface area contributed by atoms with Crippen molar-refractivity contribution in [2.24, 2.45) is 0 Å². The van der Waals surface area contributed by atoms with E-state index in [0.29, 0.717) is 6.42 Å². The molecule has 0 rings (SSSR count). The third-order valence-corrected chi connectivity index (χ3v) is 9.39. The third kappa shape index (κ3) is 34.4. The first-order chi connectivity index (χ1) is 23.5. The molecule has 0 aromatic rings. The number of rotatable bonds is 37. The van der Waals surface area contributed by atoms with Crippen LogP contribution < -0.4 is 5.32 Å². The maximum absolute atomic E-state index is 12.4. The average molecular weight is 676 g/mol. The summed E-state index contributed by atoms with van der Waals surface area (Å²) in [5, 5.41) is 33.0. The Morgan fingerprint density at radius 2 is 0.896 bits per heavy atom. The molecule has 0 saturated carbocycles. The van der Waals surface area contributed by atoms with Crippen LogP contribution in [-0.4, -0.2) is 46.1 Å². The number of aliphatic hydroxyl groups is 3. The Balaban J connectivity index is 3.62. The fourth-order valence-electron chi connectivity index (χ4n) is 6.20. The molecule has 3 atom stereocenters. The molecule has 3 unspecified atom stereocenters. The lowest BCUT2D eigenvalue weighted by molar-refractivity contribution is -0.124. The van der Waals surface area contributed by atoms with Crippen LogP contribution in [0.25, 0.3) is 0 Å². The fraction of sp³-hybridized carbons (Fsp3) is 0.837. The summed E-state index contributed by atoms with van der Waals surface area (Å²) < 4.78 is 0. The molecule has 5 nitrogen and oxygen atoms in total. The summed E-state index contributed by atoms with van der Waals surface area (Å²) in [6, 6.07) is -0.763. The van der Waals surface area contributed by atoms with Crippen LogP contribution >= 0.6 is 0 Å². The van der Waals surface area contributed by atoms with Gasteiger partial charge in [0, 0.05) is 0 Å². The lowest BCUT2D eigenvalue weighted by atomic mass is 10.0. The molecule has 0 aliphatic rings. The normalized spacial score (nSPS) is 14.0. The van der Waals surface area contributed by atoms with Gasteiger partial charge in [-0.3, -0.25) is 4.79 Å². The second-order valence-corrected chi connectivity index (χ2v) is 14.2. The van der Waals surface area contributed by atoms with Crippen LogP contribution in [0.1, 0.15) is 206 Å². The minimum absolute atomic E-state index is 0.00458. The zero-order chi connectivity index (χ0) is 35.2. The van der Waals surface area contributed by atoms with Gasteiger partial charge in [-0.15, -0.1) is 0 Å². The Morgan fingerprint density at radius 3 is 1.29 bits per heavy atom. The van der Waals surface area contributed by atoms with Gasteiger partial charge >= 0.3 is 0 Å². The highest BCUT2D eigenvalue weighted by atomic mass is 16.3. The Kier molecular flexibility index (Phi) is 37.2. The van der Waals surface area contributed by atoms with Crippen LogP contribution in [0.15, 0.2) is 36.5 Å². The van der Waals surface area contributed by atoms with Crippen LogP contribution in [0.3, 0.4) is 0 Å². The molecule has 0 aromatic carbocycles. The summed E-state index contributed by atoms with van der Waals surface area (Å²) in [7, 11) is 0. The fourth-order valence-corrected chi connectivity index (χ4v) is 6.20. The molecular weight excluding hydrogens is 594 g/mol. The topological polar surface area (TPSA) is 89.8 Å². The Morgan fingerprint density at radius 1 is 0.521 bits per heavy atom. The van der Waals surface area contributed by atoms with E-state index in [9.17, 15) is 20.1 Å². The Labute approximate surface area is 298 Å². The second kappa shape index (κ2) is 38.4. The molecule has 282 valence electrons. The smallest absolute Gasteiger partial charge is 0.222 e. The molecule has 0 spiro atoms. The van der Waals surface area contributed by atoms with E-state index >= 15 is 0 Å². The molecule has 0 radical (unpaired) electrons. The first-order valence-corrected chi connectivity index (χ1v) is 20.8. The Bertz CT molecular complexity index is 749. The summed E-state index contributed by atoms with van der Waals surface area (Å²) in [6.45, 7) is 4.12. The van der Waals surface area contributed by atoms with E-state index in [0.717, 1.165) is 44.9 Å². The molecule has 0 fully saturated rings. The van der Waals surface area contributed by atoms with Crippen molar-refractivity contribution in [3.63, 3.8) is 0 Å². The number of allylic oxidation sites excluding steroid dienone is 5. The predicted molar refractivity (Wildman–Crippen MR) is 208 cm³/mol. The molecule has 0 heterocycles. The van der Waals surface area contributed by atoms with Gasteiger partial charge in [0.2, 0.25) is 5.91 Å². The molecule has 0 aromatic heterocycles. The van der Waals surface area contributed by atoms with Crippen molar-refractivity contribution in [2.45, 2.75) is 225 Å². The van der Waals surface area contributed by atoms with Crippen molar-refractivity contribution in [3.05, 3.63) is 36.5 Å². The molecule has 1 amide bonds. The van der Waals surface area contributed by atoms with Crippen LogP contribution in [0.4, 0.5) is 0 Å². The maximum Gasteiger partial charge on any atom is 0.222 e. The van der Waals surface area contributed by atoms with Gasteiger partial charge in [0.05, 0.1) is 31.3 Å². The van der Waals surface area contributed by atoms with E-state index in [1.165, 1.54) is 135 Å². The van der Waals surface area contributed by atoms with E-state index in [1.807, 2.05) is 6.08 Å². The second-order valence-electron chi connectivity index (χ2n) is 14.2. The van der Waals surface area contributed by atoms with Gasteiger partial charge in [-0.05, 0) is 38.5 Å². The predicted octanol–water partition coefficient (Wildman–Crippen LogP) is 11.6. The average Bonchev–Trinajstić information content (AvgIpc) is 3.08. The standard InChI is InChI=1S/C43H81NO4/c1-3-5-7-9-11-13-15-16-17-18-19-20-21-22-23-24-25-27-28-30-32-34-36-40(46)38-43(48)44-41(39-45)42(47)37-35-33-31-29-26-14-12-10-8-6-4-2/h8,10,26,29,35,37,40-42,45-47H,3-7,9,11-25,27-28,30-34,36,38-39H2,1-2H3,(H,44,48)/b10-8+,29-26+,37-35+. The lowest BCUT2D eigenvalue weighted by Crippen LogP contribution is -2.45. The number of amides is 1. The number of carbonyl (C=O) groups is 1. The molecule has 5 heteroatoms. The number of hydrogen-bond donors (Lipinski definition) is 4. The highest BCUT2D eigenvalue weighted by molar-refractivity contribution is 5.76. The molecule has 0 bridgehead atoms. The van der Waals surface area contributed by atoms with Crippen LogP contribution in [0, 0.1) is 0 Å². The van der Waals surface area contributed by atoms with E-state index in [4.69, 9.17) is 0 Å². The molecule has 0 aliphatic carbocycles. The maximum atomic E-state index is 12.4. The monoisotopic (exact) mass is 676 g/mol. The summed E-state index contributed by atoms with van der Waals surface area (Å²) in [4.78, 5) is 12.4. The van der Waals surface area contributed by atoms with Gasteiger partial charge in [0.25, 0.3) is 0 Å². The van der Waals surface area contributed by atoms with Gasteiger partial charge < -0.3 is 20.6 Å². The first kappa shape index (κ1) is 46.6. The molecule has 4 N–H and O–H groups in total. The summed E-state index contributed by atoms with van der Waals surface area (Å²) in [6.07, 6.45) is 47.2. The number of hydrogen-bond acceptors (Lipinski definition) is 4. The van der Waals surface area contributed by atoms with Gasteiger partial charge in [0.1, 0.15) is 0 Å². The van der Waals surface area contributed by atoms with Crippen molar-refractivity contribution in [1.29, 1.82) is 0 Å². The third-order valence-electron chi connectivity index (χ3n) is 9.39. The Hall–Kier alpha value is -1.43. The summed E-state index contributed by atoms with van der Waals surface area (Å²) in [5.41, 5.74) is 0. The largest absolute Gasteiger partial charge is 0.394 e. The molecule has 0 saturated heterocycles. The highest BCUT2D eigenvalue weighted by Crippen LogP contribution is 2.16. The van der Waals surface area contributed by atoms with Gasteiger partial charge in [-0.1, -0.05) is 198 Å². The zero-order valence-corrected chi connectivity index (χ0v) is 31.9. The number of unbranched alkanes of at least 4 members (excludes halogenated alkanes) is 24. The van der Waals surface area contributed by atoms with Gasteiger partial charge in [0.15, 0.2) is 0 Å². The van der Waals surface area contributed by atoms with Gasteiger partial charge in [-0.2, -0.15) is 0 Å². The van der Waals surface area contributed by atoms with Gasteiger partial charge in [-0.25, -0.2) is 0 Å². The van der Waals surface area contributed by atoms with Crippen molar-refractivity contribution in [2.75, 3.05) is 6.61 Å². The number of carbonyl (C=O) groups excluding carboxylic acids is 1. The number of aliphatic hydroxyl groups excluding tert-OH is 3. The zero-order valence-electron chi connectivity index (χ0n) is 31.9. The van der Waals surface area contributed by atoms with E-state index in [-0.39, 0.29) is 18.9 Å². The van der Waals surface area contributed by atoms with Crippen LogP contribution in [-0.2, 0) is 4.79 Å². The first-order valence-electron chi connectivity index (χ1n) is 20.8. The molecule has 0 aliphatic heterocycles. The summed E-state index contributed by atoms with van der Waals surface area (Å²) >= 11 is 0. The van der Waals surface area contributed by atoms with Crippen LogP contribution in [0.2, 0.25) is 0 Å². The highest BCUT2D eigenvalue weighted by Gasteiger charge is 2.20. The van der Waals surface area contributed by atoms with E-state index in [2.05, 4.69) is 43.5 Å². The van der Waals surface area contributed by atoms with Crippen molar-refractivity contribution < 1.29 is 20.1 Å². The van der Waals surface area contributed by atoms with Crippen LogP contribution in [0.5, 0.6) is 0 Å². The minimum Gasteiger partial charge on any atom is -0.394 e. The van der Waals surface area contributed by atoms with Crippen molar-refractivity contribution in [3.8, 4) is 0 Å². The minimum atomic E-state index is -0.956. The molecular formula is C43H81NO4. The number of nitrogens with one attached hydrogen (secondary N) is 1. The van der Waals surface area contributed by atoms with E-state index in [1.54, 1.807) is 6.08 Å². The van der Waals surface area contributed by atoms with Crippen molar-refractivity contribution in [1.82, 2.24) is 5.32 Å². The quantitative estimate of drug-likeness (QED) is 0.0390. The lowest BCUT2D eigenvalue weighted by Gasteiger charge is -2.21. The van der Waals surface area contributed by atoms with E-state index < -0.39 is 18.2 Å². The molecule has 48 heavy (non-hydrogen) atoms.